The van der Waals surface area contributed by atoms with Crippen LogP contribution < -0.4 is 5.32 Å². The Balaban J connectivity index is 2.99. The third kappa shape index (κ3) is 3.34. The Morgan fingerprint density at radius 2 is 1.83 bits per heavy atom. The fourth-order valence-electron chi connectivity index (χ4n) is 2.23. The van der Waals surface area contributed by atoms with E-state index in [1.54, 1.807) is 0 Å². The van der Waals surface area contributed by atoms with Crippen LogP contribution >= 0.6 is 0 Å². The average Bonchev–Trinajstić information content (AvgIpc) is 2.33. The SMILES string of the molecule is CCC(CC)C(=O)Nc1c(C)cccc1C(C)C. The van der Waals surface area contributed by atoms with Gasteiger partial charge in [-0.2, -0.15) is 0 Å². The molecule has 2 nitrogen and oxygen atoms in total. The van der Waals surface area contributed by atoms with E-state index < -0.39 is 0 Å². The molecule has 0 atom stereocenters. The van der Waals surface area contributed by atoms with Crippen molar-refractivity contribution in [1.82, 2.24) is 0 Å². The number of nitrogens with one attached hydrogen (secondary N) is 1. The lowest BCUT2D eigenvalue weighted by molar-refractivity contribution is -0.120. The zero-order valence-electron chi connectivity index (χ0n) is 12.2. The van der Waals surface area contributed by atoms with Crippen LogP contribution in [0.25, 0.3) is 0 Å². The lowest BCUT2D eigenvalue weighted by atomic mass is 9.97. The number of rotatable bonds is 5. The Hall–Kier alpha value is -1.31. The number of hydrogen-bond donors (Lipinski definition) is 1. The van der Waals surface area contributed by atoms with Gasteiger partial charge in [-0.1, -0.05) is 45.9 Å². The van der Waals surface area contributed by atoms with Gasteiger partial charge in [0.1, 0.15) is 0 Å². The first-order chi connectivity index (χ1) is 8.51. The fourth-order valence-corrected chi connectivity index (χ4v) is 2.23. The van der Waals surface area contributed by atoms with Gasteiger partial charge in [0.2, 0.25) is 5.91 Å². The molecular weight excluding hydrogens is 222 g/mol. The van der Waals surface area contributed by atoms with Crippen molar-refractivity contribution in [3.05, 3.63) is 29.3 Å². The Labute approximate surface area is 111 Å². The average molecular weight is 247 g/mol. The van der Waals surface area contributed by atoms with Crippen LogP contribution in [0.1, 0.15) is 57.6 Å². The van der Waals surface area contributed by atoms with Crippen LogP contribution in [0.15, 0.2) is 18.2 Å². The maximum absolute atomic E-state index is 12.2. The van der Waals surface area contributed by atoms with Crippen molar-refractivity contribution in [1.29, 1.82) is 0 Å². The number of benzene rings is 1. The van der Waals surface area contributed by atoms with Gasteiger partial charge in [0.25, 0.3) is 0 Å². The van der Waals surface area contributed by atoms with Crippen molar-refractivity contribution < 1.29 is 4.79 Å². The number of hydrogen-bond acceptors (Lipinski definition) is 1. The van der Waals surface area contributed by atoms with E-state index in [2.05, 4.69) is 45.1 Å². The molecule has 0 aliphatic carbocycles. The van der Waals surface area contributed by atoms with E-state index in [9.17, 15) is 4.79 Å². The zero-order valence-corrected chi connectivity index (χ0v) is 12.2. The lowest BCUT2D eigenvalue weighted by Crippen LogP contribution is -2.23. The molecule has 0 heterocycles. The minimum atomic E-state index is 0.115. The minimum absolute atomic E-state index is 0.115. The van der Waals surface area contributed by atoms with E-state index in [0.717, 1.165) is 24.1 Å². The van der Waals surface area contributed by atoms with Crippen LogP contribution in [0.3, 0.4) is 0 Å². The van der Waals surface area contributed by atoms with Crippen LogP contribution in [-0.4, -0.2) is 5.91 Å². The van der Waals surface area contributed by atoms with Gasteiger partial charge in [0.15, 0.2) is 0 Å². The van der Waals surface area contributed by atoms with Crippen molar-refractivity contribution in [2.75, 3.05) is 5.32 Å². The van der Waals surface area contributed by atoms with Gasteiger partial charge in [-0.3, -0.25) is 4.79 Å². The number of aryl methyl sites for hydroxylation is 1. The quantitative estimate of drug-likeness (QED) is 0.816. The Bertz CT molecular complexity index is 406. The Morgan fingerprint density at radius 1 is 1.22 bits per heavy atom. The van der Waals surface area contributed by atoms with Gasteiger partial charge in [-0.25, -0.2) is 0 Å². The highest BCUT2D eigenvalue weighted by Gasteiger charge is 2.17. The number of carbonyl (C=O) groups is 1. The van der Waals surface area contributed by atoms with Crippen LogP contribution in [-0.2, 0) is 4.79 Å². The Kier molecular flexibility index (Phi) is 5.39. The molecule has 1 amide bonds. The molecule has 1 aromatic rings. The van der Waals surface area contributed by atoms with E-state index in [-0.39, 0.29) is 11.8 Å². The van der Waals surface area contributed by atoms with Crippen molar-refractivity contribution in [2.45, 2.75) is 53.4 Å². The summed E-state index contributed by atoms with van der Waals surface area (Å²) in [6.45, 7) is 10.5. The van der Waals surface area contributed by atoms with Crippen molar-refractivity contribution in [3.8, 4) is 0 Å². The molecule has 0 fully saturated rings. The monoisotopic (exact) mass is 247 g/mol. The highest BCUT2D eigenvalue weighted by molar-refractivity contribution is 5.94. The highest BCUT2D eigenvalue weighted by atomic mass is 16.1. The second-order valence-corrected chi connectivity index (χ2v) is 5.20. The third-order valence-corrected chi connectivity index (χ3v) is 3.53. The summed E-state index contributed by atoms with van der Waals surface area (Å²) in [4.78, 5) is 12.2. The third-order valence-electron chi connectivity index (χ3n) is 3.53. The molecule has 0 saturated heterocycles. The molecule has 2 heteroatoms. The largest absolute Gasteiger partial charge is 0.325 e. The summed E-state index contributed by atoms with van der Waals surface area (Å²) >= 11 is 0. The van der Waals surface area contributed by atoms with E-state index >= 15 is 0 Å². The molecule has 0 aliphatic heterocycles. The molecular formula is C16H25NO. The molecule has 0 radical (unpaired) electrons. The number of para-hydroxylation sites is 1. The standard InChI is InChI=1S/C16H25NO/c1-6-13(7-2)16(18)17-15-12(5)9-8-10-14(15)11(3)4/h8-11,13H,6-7H2,1-5H3,(H,17,18). The summed E-state index contributed by atoms with van der Waals surface area (Å²) in [5.41, 5.74) is 3.36. The number of amides is 1. The normalized spacial score (nSPS) is 11.1. The van der Waals surface area contributed by atoms with Crippen LogP contribution in [0.2, 0.25) is 0 Å². The first kappa shape index (κ1) is 14.7. The maximum atomic E-state index is 12.2. The second kappa shape index (κ2) is 6.58. The molecule has 0 bridgehead atoms. The highest BCUT2D eigenvalue weighted by Crippen LogP contribution is 2.28. The van der Waals surface area contributed by atoms with Gasteiger partial charge in [0, 0.05) is 11.6 Å². The molecule has 0 aliphatic rings. The van der Waals surface area contributed by atoms with E-state index in [1.165, 1.54) is 5.56 Å². The van der Waals surface area contributed by atoms with Gasteiger partial charge < -0.3 is 5.32 Å². The summed E-state index contributed by atoms with van der Waals surface area (Å²) in [5.74, 6) is 0.683. The molecule has 0 unspecified atom stereocenters. The van der Waals surface area contributed by atoms with Crippen LogP contribution in [0.5, 0.6) is 0 Å². The molecule has 0 aromatic heterocycles. The minimum Gasteiger partial charge on any atom is -0.325 e. The molecule has 0 saturated carbocycles. The van der Waals surface area contributed by atoms with Gasteiger partial charge >= 0.3 is 0 Å². The summed E-state index contributed by atoms with van der Waals surface area (Å²) < 4.78 is 0. The van der Waals surface area contributed by atoms with Crippen LogP contribution in [0.4, 0.5) is 5.69 Å². The molecule has 1 rings (SSSR count). The second-order valence-electron chi connectivity index (χ2n) is 5.20. The maximum Gasteiger partial charge on any atom is 0.227 e. The summed E-state index contributed by atoms with van der Waals surface area (Å²) in [5, 5.41) is 3.12. The van der Waals surface area contributed by atoms with Crippen molar-refractivity contribution >= 4 is 11.6 Å². The number of carbonyl (C=O) groups excluding carboxylic acids is 1. The predicted octanol–water partition coefficient (Wildman–Crippen LogP) is 4.49. The van der Waals surface area contributed by atoms with Gasteiger partial charge in [-0.15, -0.1) is 0 Å². The number of anilines is 1. The fraction of sp³-hybridized carbons (Fsp3) is 0.562. The molecule has 18 heavy (non-hydrogen) atoms. The predicted molar refractivity (Wildman–Crippen MR) is 78.0 cm³/mol. The van der Waals surface area contributed by atoms with E-state index in [1.807, 2.05) is 13.0 Å². The summed E-state index contributed by atoms with van der Waals surface area (Å²) in [6.07, 6.45) is 1.79. The van der Waals surface area contributed by atoms with Crippen molar-refractivity contribution in [3.63, 3.8) is 0 Å². The first-order valence-electron chi connectivity index (χ1n) is 6.91. The topological polar surface area (TPSA) is 29.1 Å². The van der Waals surface area contributed by atoms with E-state index in [0.29, 0.717) is 5.92 Å². The smallest absolute Gasteiger partial charge is 0.227 e. The zero-order chi connectivity index (χ0) is 13.7. The molecule has 100 valence electrons. The molecule has 0 spiro atoms. The molecule has 1 N–H and O–H groups in total. The van der Waals surface area contributed by atoms with Crippen molar-refractivity contribution in [2.24, 2.45) is 5.92 Å². The van der Waals surface area contributed by atoms with Gasteiger partial charge in [-0.05, 0) is 36.8 Å². The summed E-state index contributed by atoms with van der Waals surface area (Å²) in [6, 6.07) is 6.20. The Morgan fingerprint density at radius 3 is 2.33 bits per heavy atom. The molecule has 1 aromatic carbocycles. The van der Waals surface area contributed by atoms with Crippen LogP contribution in [0, 0.1) is 12.8 Å². The van der Waals surface area contributed by atoms with Gasteiger partial charge in [0.05, 0.1) is 0 Å². The summed E-state index contributed by atoms with van der Waals surface area (Å²) in [7, 11) is 0. The first-order valence-corrected chi connectivity index (χ1v) is 6.91. The van der Waals surface area contributed by atoms with E-state index in [4.69, 9.17) is 0 Å². The lowest BCUT2D eigenvalue weighted by Gasteiger charge is -2.19.